The fourth-order valence-electron chi connectivity index (χ4n) is 2.29. The summed E-state index contributed by atoms with van der Waals surface area (Å²) in [6.45, 7) is 4.50. The van der Waals surface area contributed by atoms with E-state index < -0.39 is 5.56 Å². The molecular weight excluding hydrogens is 234 g/mol. The van der Waals surface area contributed by atoms with Crippen molar-refractivity contribution in [1.29, 1.82) is 0 Å². The van der Waals surface area contributed by atoms with Gasteiger partial charge in [-0.1, -0.05) is 12.2 Å². The van der Waals surface area contributed by atoms with Gasteiger partial charge in [0.05, 0.1) is 12.9 Å². The van der Waals surface area contributed by atoms with Crippen molar-refractivity contribution in [2.24, 2.45) is 11.8 Å². The maximum absolute atomic E-state index is 11.6. The van der Waals surface area contributed by atoms with Crippen LogP contribution in [0.15, 0.2) is 23.3 Å². The lowest BCUT2D eigenvalue weighted by molar-refractivity contribution is 0.269. The van der Waals surface area contributed by atoms with Crippen LogP contribution < -0.4 is 11.3 Å². The molecule has 0 aromatic carbocycles. The summed E-state index contributed by atoms with van der Waals surface area (Å²) in [6.07, 6.45) is 1.44. The predicted molar refractivity (Wildman–Crippen MR) is 65.8 cm³/mol. The molecule has 0 amide bonds. The molecule has 0 aliphatic heterocycles. The van der Waals surface area contributed by atoms with Crippen LogP contribution >= 0.6 is 0 Å². The molecule has 2 heterocycles. The van der Waals surface area contributed by atoms with E-state index in [1.54, 1.807) is 4.57 Å². The molecule has 3 rings (SSSR count). The zero-order valence-electron chi connectivity index (χ0n) is 9.63. The van der Waals surface area contributed by atoms with E-state index >= 15 is 0 Å². The van der Waals surface area contributed by atoms with Gasteiger partial charge in [-0.05, 0) is 0 Å². The Hall–Kier alpha value is -2.15. The molecule has 1 aliphatic rings. The molecule has 7 nitrogen and oxygen atoms in total. The average molecular weight is 247 g/mol. The number of hydrogen-bond acceptors (Lipinski definition) is 5. The number of aromatic amines is 1. The zero-order chi connectivity index (χ0) is 12.9. The Morgan fingerprint density at radius 1 is 1.56 bits per heavy atom. The predicted octanol–water partition coefficient (Wildman–Crippen LogP) is -0.504. The second-order valence-electron chi connectivity index (χ2n) is 4.46. The van der Waals surface area contributed by atoms with E-state index in [1.165, 1.54) is 6.33 Å². The normalized spacial score (nSPS) is 22.6. The topological polar surface area (TPSA) is 110 Å². The molecule has 4 N–H and O–H groups in total. The van der Waals surface area contributed by atoms with Gasteiger partial charge in [0.2, 0.25) is 5.95 Å². The van der Waals surface area contributed by atoms with E-state index in [0.717, 1.165) is 5.57 Å². The highest BCUT2D eigenvalue weighted by molar-refractivity contribution is 5.70. The minimum absolute atomic E-state index is 0.0841. The molecule has 0 radical (unpaired) electrons. The Morgan fingerprint density at radius 3 is 3.00 bits per heavy atom. The smallest absolute Gasteiger partial charge is 0.300 e. The van der Waals surface area contributed by atoms with Gasteiger partial charge in [0.25, 0.3) is 0 Å². The van der Waals surface area contributed by atoms with Crippen LogP contribution in [0.5, 0.6) is 0 Å². The number of nitrogen functional groups attached to an aromatic ring is 1. The average Bonchev–Trinajstić information content (AvgIpc) is 2.77. The molecule has 94 valence electrons. The van der Waals surface area contributed by atoms with E-state index in [0.29, 0.717) is 17.7 Å². The number of aromatic nitrogens is 4. The molecule has 18 heavy (non-hydrogen) atoms. The molecule has 7 heteroatoms. The summed E-state index contributed by atoms with van der Waals surface area (Å²) in [5.74, 6) is 0.412. The summed E-state index contributed by atoms with van der Waals surface area (Å²) < 4.78 is 1.68. The first-order valence-corrected chi connectivity index (χ1v) is 5.62. The number of anilines is 1. The maximum atomic E-state index is 11.6. The molecule has 0 bridgehead atoms. The lowest BCUT2D eigenvalue weighted by atomic mass is 10.3. The van der Waals surface area contributed by atoms with Crippen molar-refractivity contribution >= 4 is 17.1 Å². The molecule has 2 aromatic rings. The lowest BCUT2D eigenvalue weighted by Gasteiger charge is -2.08. The summed E-state index contributed by atoms with van der Waals surface area (Å²) >= 11 is 0. The van der Waals surface area contributed by atoms with Crippen molar-refractivity contribution in [3.63, 3.8) is 0 Å². The molecule has 0 spiro atoms. The van der Waals surface area contributed by atoms with Gasteiger partial charge >= 0.3 is 5.56 Å². The fraction of sp³-hybridized carbons (Fsp3) is 0.364. The quantitative estimate of drug-likeness (QED) is 0.633. The number of rotatable bonds is 3. The van der Waals surface area contributed by atoms with Crippen LogP contribution in [0.2, 0.25) is 0 Å². The Morgan fingerprint density at radius 2 is 2.33 bits per heavy atom. The maximum Gasteiger partial charge on any atom is 0.300 e. The Labute approximate surface area is 102 Å². The Bertz CT molecular complexity index is 686. The highest BCUT2D eigenvalue weighted by Crippen LogP contribution is 2.45. The van der Waals surface area contributed by atoms with E-state index in [9.17, 15) is 4.79 Å². The van der Waals surface area contributed by atoms with E-state index in [2.05, 4.69) is 21.5 Å². The van der Waals surface area contributed by atoms with Crippen LogP contribution in [0.25, 0.3) is 11.2 Å². The minimum Gasteiger partial charge on any atom is -0.396 e. The molecule has 1 fully saturated rings. The van der Waals surface area contributed by atoms with Crippen LogP contribution in [0.3, 0.4) is 0 Å². The van der Waals surface area contributed by atoms with Crippen molar-refractivity contribution in [2.75, 3.05) is 12.3 Å². The van der Waals surface area contributed by atoms with Crippen LogP contribution in [0.4, 0.5) is 5.95 Å². The third-order valence-corrected chi connectivity index (χ3v) is 3.49. The lowest BCUT2D eigenvalue weighted by Crippen LogP contribution is -2.19. The number of hydrogen-bond donors (Lipinski definition) is 3. The van der Waals surface area contributed by atoms with Crippen LogP contribution in [0.1, 0.15) is 0 Å². The second kappa shape index (κ2) is 3.67. The van der Waals surface area contributed by atoms with Gasteiger partial charge in [-0.15, -0.1) is 0 Å². The van der Waals surface area contributed by atoms with Gasteiger partial charge in [-0.25, -0.2) is 4.98 Å². The van der Waals surface area contributed by atoms with Crippen LogP contribution in [-0.4, -0.2) is 31.2 Å². The Balaban J connectivity index is 2.04. The minimum atomic E-state index is -0.412. The largest absolute Gasteiger partial charge is 0.396 e. The number of aliphatic hydroxyl groups is 1. The van der Waals surface area contributed by atoms with Gasteiger partial charge < -0.3 is 15.8 Å². The van der Waals surface area contributed by atoms with Gasteiger partial charge in [-0.2, -0.15) is 4.98 Å². The molecule has 1 aliphatic carbocycles. The fourth-order valence-corrected chi connectivity index (χ4v) is 2.29. The zero-order valence-corrected chi connectivity index (χ0v) is 9.63. The summed E-state index contributed by atoms with van der Waals surface area (Å²) in [5, 5.41) is 9.12. The number of nitrogens with one attached hydrogen (secondary N) is 1. The van der Waals surface area contributed by atoms with Crippen molar-refractivity contribution < 1.29 is 5.11 Å². The van der Waals surface area contributed by atoms with Crippen LogP contribution in [0, 0.1) is 11.8 Å². The number of fused-ring (bicyclic) bond motifs is 1. The van der Waals surface area contributed by atoms with Gasteiger partial charge in [0.15, 0.2) is 11.2 Å². The van der Waals surface area contributed by atoms with Crippen molar-refractivity contribution in [2.45, 2.75) is 6.54 Å². The second-order valence-corrected chi connectivity index (χ2v) is 4.46. The summed E-state index contributed by atoms with van der Waals surface area (Å²) in [6, 6.07) is 0. The van der Waals surface area contributed by atoms with Crippen molar-refractivity contribution in [1.82, 2.24) is 19.5 Å². The Kier molecular flexibility index (Phi) is 2.24. The highest BCUT2D eigenvalue weighted by atomic mass is 16.3. The van der Waals surface area contributed by atoms with Crippen LogP contribution in [-0.2, 0) is 6.54 Å². The monoisotopic (exact) mass is 247 g/mol. The van der Waals surface area contributed by atoms with Crippen molar-refractivity contribution in [3.8, 4) is 0 Å². The number of nitrogens with two attached hydrogens (primary N) is 1. The first kappa shape index (κ1) is 11.0. The summed E-state index contributed by atoms with van der Waals surface area (Å²) in [7, 11) is 0. The van der Waals surface area contributed by atoms with Gasteiger partial charge in [0.1, 0.15) is 0 Å². The number of aliphatic hydroxyl groups excluding tert-OH is 1. The molecule has 2 atom stereocenters. The van der Waals surface area contributed by atoms with E-state index in [4.69, 9.17) is 10.8 Å². The molecule has 1 saturated carbocycles. The molecule has 0 saturated heterocycles. The molecule has 2 aromatic heterocycles. The SMILES string of the molecule is C=C1C(CO)C1Cn1c(N)nc(=O)c2[nH]cnc21. The van der Waals surface area contributed by atoms with Gasteiger partial charge in [-0.3, -0.25) is 9.36 Å². The molecular formula is C11H13N5O2. The summed E-state index contributed by atoms with van der Waals surface area (Å²) in [4.78, 5) is 22.2. The third-order valence-electron chi connectivity index (χ3n) is 3.49. The first-order valence-electron chi connectivity index (χ1n) is 5.62. The van der Waals surface area contributed by atoms with Crippen molar-refractivity contribution in [3.05, 3.63) is 28.8 Å². The number of nitrogens with zero attached hydrogens (tertiary/aromatic N) is 3. The van der Waals surface area contributed by atoms with Gasteiger partial charge in [0, 0.05) is 18.4 Å². The third kappa shape index (κ3) is 1.44. The summed E-state index contributed by atoms with van der Waals surface area (Å²) in [5.41, 5.74) is 7.18. The standard InChI is InChI=1S/C11H13N5O2/c1-5-6(7(5)3-17)2-16-9-8(13-4-14-9)10(18)15-11(16)12/h4,6-7,17H,1-3H2,(H,13,14)(H2,12,15,18). The first-order chi connectivity index (χ1) is 8.63. The number of imidazole rings is 1. The highest BCUT2D eigenvalue weighted by Gasteiger charge is 2.42. The molecule has 2 unspecified atom stereocenters. The van der Waals surface area contributed by atoms with E-state index in [1.807, 2.05) is 0 Å². The number of H-pyrrole nitrogens is 1. The van der Waals surface area contributed by atoms with E-state index in [-0.39, 0.29) is 24.4 Å².